The van der Waals surface area contributed by atoms with E-state index in [4.69, 9.17) is 4.42 Å². The van der Waals surface area contributed by atoms with Gasteiger partial charge in [-0.25, -0.2) is 0 Å². The third-order valence-corrected chi connectivity index (χ3v) is 3.00. The zero-order valence-corrected chi connectivity index (χ0v) is 11.2. The van der Waals surface area contributed by atoms with Crippen LogP contribution in [0.4, 0.5) is 0 Å². The van der Waals surface area contributed by atoms with Gasteiger partial charge in [-0.15, -0.1) is 10.2 Å². The maximum atomic E-state index is 9.23. The van der Waals surface area contributed by atoms with E-state index in [0.29, 0.717) is 24.2 Å². The van der Waals surface area contributed by atoms with Gasteiger partial charge in [0, 0.05) is 11.6 Å². The molecule has 1 aromatic heterocycles. The predicted octanol–water partition coefficient (Wildman–Crippen LogP) is 1.84. The number of nitrogens with zero attached hydrogens (tertiary/aromatic N) is 2. The predicted molar refractivity (Wildman–Crippen MR) is 72.3 cm³/mol. The molecule has 2 N–H and O–H groups in total. The Kier molecular flexibility index (Phi) is 4.65. The monoisotopic (exact) mass is 261 g/mol. The van der Waals surface area contributed by atoms with Crippen LogP contribution in [0.3, 0.4) is 0 Å². The van der Waals surface area contributed by atoms with E-state index in [1.807, 2.05) is 30.3 Å². The summed E-state index contributed by atoms with van der Waals surface area (Å²) in [6.45, 7) is 4.66. The van der Waals surface area contributed by atoms with E-state index in [1.165, 1.54) is 0 Å². The molecule has 0 radical (unpaired) electrons. The first kappa shape index (κ1) is 13.7. The zero-order chi connectivity index (χ0) is 13.7. The van der Waals surface area contributed by atoms with Crippen molar-refractivity contribution in [2.75, 3.05) is 6.61 Å². The average molecular weight is 261 g/mol. The molecule has 1 heterocycles. The second kappa shape index (κ2) is 6.45. The number of hydrogen-bond acceptors (Lipinski definition) is 5. The van der Waals surface area contributed by atoms with Crippen molar-refractivity contribution in [3.63, 3.8) is 0 Å². The minimum absolute atomic E-state index is 0.0343. The average Bonchev–Trinajstić information content (AvgIpc) is 2.89. The lowest BCUT2D eigenvalue weighted by molar-refractivity contribution is 0.207. The third kappa shape index (κ3) is 3.62. The van der Waals surface area contributed by atoms with Crippen molar-refractivity contribution in [1.82, 2.24) is 15.5 Å². The molecular formula is C14H19N3O2. The second-order valence-corrected chi connectivity index (χ2v) is 4.78. The summed E-state index contributed by atoms with van der Waals surface area (Å²) in [5, 5.41) is 20.4. The van der Waals surface area contributed by atoms with E-state index in [0.717, 1.165) is 5.56 Å². The van der Waals surface area contributed by atoms with Gasteiger partial charge in [-0.1, -0.05) is 32.0 Å². The lowest BCUT2D eigenvalue weighted by Gasteiger charge is -2.18. The second-order valence-electron chi connectivity index (χ2n) is 4.78. The Balaban J connectivity index is 1.98. The van der Waals surface area contributed by atoms with Crippen LogP contribution in [0.1, 0.15) is 19.7 Å². The molecule has 0 aliphatic rings. The number of rotatable bonds is 6. The van der Waals surface area contributed by atoms with Crippen LogP contribution in [0.5, 0.6) is 0 Å². The highest BCUT2D eigenvalue weighted by Gasteiger charge is 2.13. The number of aliphatic hydroxyl groups is 1. The Hall–Kier alpha value is -1.72. The number of benzene rings is 1. The molecule has 5 heteroatoms. The van der Waals surface area contributed by atoms with Gasteiger partial charge in [0.25, 0.3) is 0 Å². The molecule has 0 bridgehead atoms. The van der Waals surface area contributed by atoms with Crippen molar-refractivity contribution in [2.45, 2.75) is 26.4 Å². The SMILES string of the molecule is CC(C)[C@@H](CO)NCc1nnc(-c2ccccc2)o1. The molecule has 0 saturated heterocycles. The van der Waals surface area contributed by atoms with E-state index in [1.54, 1.807) is 0 Å². The molecule has 19 heavy (non-hydrogen) atoms. The van der Waals surface area contributed by atoms with Gasteiger partial charge < -0.3 is 14.8 Å². The van der Waals surface area contributed by atoms with Crippen molar-refractivity contribution >= 4 is 0 Å². The number of hydrogen-bond donors (Lipinski definition) is 2. The van der Waals surface area contributed by atoms with Crippen LogP contribution in [0.25, 0.3) is 11.5 Å². The van der Waals surface area contributed by atoms with Crippen LogP contribution >= 0.6 is 0 Å². The molecule has 0 aliphatic carbocycles. The van der Waals surface area contributed by atoms with E-state index in [9.17, 15) is 5.11 Å². The van der Waals surface area contributed by atoms with Crippen LogP contribution in [0, 0.1) is 5.92 Å². The highest BCUT2D eigenvalue weighted by atomic mass is 16.4. The van der Waals surface area contributed by atoms with Gasteiger partial charge in [0.1, 0.15) is 0 Å². The zero-order valence-electron chi connectivity index (χ0n) is 11.2. The van der Waals surface area contributed by atoms with Crippen LogP contribution in [-0.4, -0.2) is 28.0 Å². The molecule has 0 fully saturated rings. The smallest absolute Gasteiger partial charge is 0.247 e. The van der Waals surface area contributed by atoms with Crippen molar-refractivity contribution in [2.24, 2.45) is 5.92 Å². The Bertz CT molecular complexity index is 496. The fraction of sp³-hybridized carbons (Fsp3) is 0.429. The minimum atomic E-state index is 0.0343. The summed E-state index contributed by atoms with van der Waals surface area (Å²) in [6, 6.07) is 9.68. The van der Waals surface area contributed by atoms with Gasteiger partial charge in [0.05, 0.1) is 13.2 Å². The van der Waals surface area contributed by atoms with Crippen LogP contribution in [0.15, 0.2) is 34.7 Å². The fourth-order valence-electron chi connectivity index (χ4n) is 1.75. The topological polar surface area (TPSA) is 71.2 Å². The largest absolute Gasteiger partial charge is 0.419 e. The molecule has 2 aromatic rings. The molecule has 1 aromatic carbocycles. The van der Waals surface area contributed by atoms with E-state index < -0.39 is 0 Å². The maximum absolute atomic E-state index is 9.23. The summed E-state index contributed by atoms with van der Waals surface area (Å²) in [5.41, 5.74) is 0.906. The Morgan fingerprint density at radius 3 is 2.58 bits per heavy atom. The van der Waals surface area contributed by atoms with Gasteiger partial charge in [0.2, 0.25) is 11.8 Å². The lowest BCUT2D eigenvalue weighted by Crippen LogP contribution is -2.36. The normalized spacial score (nSPS) is 12.8. The van der Waals surface area contributed by atoms with Crippen molar-refractivity contribution in [1.29, 1.82) is 0 Å². The van der Waals surface area contributed by atoms with Gasteiger partial charge in [0.15, 0.2) is 0 Å². The number of aliphatic hydroxyl groups excluding tert-OH is 1. The van der Waals surface area contributed by atoms with Crippen LogP contribution in [-0.2, 0) is 6.54 Å². The summed E-state index contributed by atoms with van der Waals surface area (Å²) in [6.07, 6.45) is 0. The molecule has 0 aliphatic heterocycles. The molecule has 0 amide bonds. The first-order valence-corrected chi connectivity index (χ1v) is 6.42. The molecule has 1 atom stereocenters. The highest BCUT2D eigenvalue weighted by molar-refractivity contribution is 5.51. The summed E-state index contributed by atoms with van der Waals surface area (Å²) >= 11 is 0. The maximum Gasteiger partial charge on any atom is 0.247 e. The van der Waals surface area contributed by atoms with Crippen molar-refractivity contribution < 1.29 is 9.52 Å². The van der Waals surface area contributed by atoms with E-state index >= 15 is 0 Å². The van der Waals surface area contributed by atoms with Gasteiger partial charge >= 0.3 is 0 Å². The summed E-state index contributed by atoms with van der Waals surface area (Å²) in [5.74, 6) is 1.39. The standard InChI is InChI=1S/C14H19N3O2/c1-10(2)12(9-18)15-8-13-16-17-14(19-13)11-6-4-3-5-7-11/h3-7,10,12,15,18H,8-9H2,1-2H3/t12-/m1/s1. The number of nitrogens with one attached hydrogen (secondary N) is 1. The number of aromatic nitrogens is 2. The summed E-state index contributed by atoms with van der Waals surface area (Å²) in [4.78, 5) is 0. The van der Waals surface area contributed by atoms with Gasteiger partial charge in [-0.2, -0.15) is 0 Å². The summed E-state index contributed by atoms with van der Waals surface area (Å²) < 4.78 is 5.58. The van der Waals surface area contributed by atoms with E-state index in [2.05, 4.69) is 29.4 Å². The summed E-state index contributed by atoms with van der Waals surface area (Å²) in [7, 11) is 0. The van der Waals surface area contributed by atoms with Gasteiger partial charge in [-0.05, 0) is 18.1 Å². The van der Waals surface area contributed by atoms with Crippen molar-refractivity contribution in [3.05, 3.63) is 36.2 Å². The molecule has 0 unspecified atom stereocenters. The lowest BCUT2D eigenvalue weighted by atomic mass is 10.1. The van der Waals surface area contributed by atoms with E-state index in [-0.39, 0.29) is 12.6 Å². The Morgan fingerprint density at radius 1 is 1.21 bits per heavy atom. The quantitative estimate of drug-likeness (QED) is 0.830. The first-order chi connectivity index (χ1) is 9.20. The Morgan fingerprint density at radius 2 is 1.95 bits per heavy atom. The Labute approximate surface area is 112 Å². The fourth-order valence-corrected chi connectivity index (χ4v) is 1.75. The molecule has 0 saturated carbocycles. The van der Waals surface area contributed by atoms with Crippen LogP contribution < -0.4 is 5.32 Å². The minimum Gasteiger partial charge on any atom is -0.419 e. The molecular weight excluding hydrogens is 242 g/mol. The first-order valence-electron chi connectivity index (χ1n) is 6.42. The third-order valence-electron chi connectivity index (χ3n) is 3.00. The molecule has 102 valence electrons. The van der Waals surface area contributed by atoms with Crippen LogP contribution in [0.2, 0.25) is 0 Å². The molecule has 2 rings (SSSR count). The van der Waals surface area contributed by atoms with Crippen molar-refractivity contribution in [3.8, 4) is 11.5 Å². The highest BCUT2D eigenvalue weighted by Crippen LogP contribution is 2.16. The molecule has 5 nitrogen and oxygen atoms in total. The molecule has 0 spiro atoms. The van der Waals surface area contributed by atoms with Gasteiger partial charge in [-0.3, -0.25) is 0 Å².